The van der Waals surface area contributed by atoms with Crippen LogP contribution < -0.4 is 4.90 Å². The van der Waals surface area contributed by atoms with Crippen LogP contribution in [0.3, 0.4) is 0 Å². The molecule has 1 heterocycles. The first-order chi connectivity index (χ1) is 9.54. The van der Waals surface area contributed by atoms with E-state index in [1.807, 2.05) is 54.9 Å². The summed E-state index contributed by atoms with van der Waals surface area (Å²) in [5.41, 5.74) is 2.41. The molecule has 106 valence electrons. The first kappa shape index (κ1) is 14.3. The quantitative estimate of drug-likeness (QED) is 0.854. The van der Waals surface area contributed by atoms with E-state index >= 15 is 0 Å². The summed E-state index contributed by atoms with van der Waals surface area (Å²) in [5.74, 6) is -0.0544. The summed E-state index contributed by atoms with van der Waals surface area (Å²) in [6.07, 6.45) is 0. The molecule has 1 aromatic carbocycles. The maximum absolute atomic E-state index is 12.6. The third kappa shape index (κ3) is 2.74. The molecule has 0 N–H and O–H groups in total. The predicted octanol–water partition coefficient (Wildman–Crippen LogP) is 3.44. The number of rotatable bonds is 4. The molecule has 0 atom stereocenters. The van der Waals surface area contributed by atoms with Crippen molar-refractivity contribution >= 4 is 11.6 Å². The van der Waals surface area contributed by atoms with Crippen LogP contribution in [-0.4, -0.2) is 22.2 Å². The number of hydrogen-bond acceptors (Lipinski definition) is 2. The fourth-order valence-electron chi connectivity index (χ4n) is 2.30. The van der Waals surface area contributed by atoms with Crippen LogP contribution >= 0.6 is 0 Å². The standard InChI is InChI=1S/C16H21N3O/c1-5-18(14-9-7-6-8-10-14)16(20)15-11-13(4)19(17-15)12(2)3/h6-12H,5H2,1-4H3. The van der Waals surface area contributed by atoms with Gasteiger partial charge in [0.2, 0.25) is 0 Å². The second-order valence-corrected chi connectivity index (χ2v) is 5.09. The highest BCUT2D eigenvalue weighted by Crippen LogP contribution is 2.17. The van der Waals surface area contributed by atoms with Gasteiger partial charge in [0.25, 0.3) is 5.91 Å². The summed E-state index contributed by atoms with van der Waals surface area (Å²) < 4.78 is 1.88. The summed E-state index contributed by atoms with van der Waals surface area (Å²) >= 11 is 0. The van der Waals surface area contributed by atoms with Gasteiger partial charge in [-0.2, -0.15) is 5.10 Å². The normalized spacial score (nSPS) is 10.8. The van der Waals surface area contributed by atoms with Crippen LogP contribution in [0.2, 0.25) is 0 Å². The maximum Gasteiger partial charge on any atom is 0.278 e. The molecular weight excluding hydrogens is 250 g/mol. The summed E-state index contributed by atoms with van der Waals surface area (Å²) in [5, 5.41) is 4.43. The van der Waals surface area contributed by atoms with Crippen molar-refractivity contribution < 1.29 is 4.79 Å². The van der Waals surface area contributed by atoms with E-state index in [9.17, 15) is 4.79 Å². The van der Waals surface area contributed by atoms with E-state index in [4.69, 9.17) is 0 Å². The van der Waals surface area contributed by atoms with E-state index in [1.54, 1.807) is 4.90 Å². The van der Waals surface area contributed by atoms with Gasteiger partial charge in [-0.05, 0) is 45.9 Å². The molecular formula is C16H21N3O. The number of carbonyl (C=O) groups is 1. The zero-order chi connectivity index (χ0) is 14.7. The Morgan fingerprint density at radius 3 is 2.45 bits per heavy atom. The lowest BCUT2D eigenvalue weighted by Gasteiger charge is -2.19. The van der Waals surface area contributed by atoms with E-state index in [0.717, 1.165) is 11.4 Å². The average molecular weight is 271 g/mol. The minimum atomic E-state index is -0.0544. The van der Waals surface area contributed by atoms with Crippen LogP contribution in [0.25, 0.3) is 0 Å². The third-order valence-electron chi connectivity index (χ3n) is 3.26. The number of aromatic nitrogens is 2. The second-order valence-electron chi connectivity index (χ2n) is 5.09. The molecule has 20 heavy (non-hydrogen) atoms. The fraction of sp³-hybridized carbons (Fsp3) is 0.375. The molecule has 0 aliphatic carbocycles. The van der Waals surface area contributed by atoms with Gasteiger partial charge in [0.1, 0.15) is 0 Å². The van der Waals surface area contributed by atoms with Gasteiger partial charge < -0.3 is 4.90 Å². The first-order valence-electron chi connectivity index (χ1n) is 6.97. The highest BCUT2D eigenvalue weighted by atomic mass is 16.2. The Labute approximate surface area is 120 Å². The molecule has 0 saturated carbocycles. The number of hydrogen-bond donors (Lipinski definition) is 0. The van der Waals surface area contributed by atoms with Crippen LogP contribution in [0.15, 0.2) is 36.4 Å². The van der Waals surface area contributed by atoms with E-state index in [0.29, 0.717) is 12.2 Å². The Bertz CT molecular complexity index is 587. The van der Waals surface area contributed by atoms with Crippen molar-refractivity contribution in [3.63, 3.8) is 0 Å². The van der Waals surface area contributed by atoms with Crippen molar-refractivity contribution in [3.8, 4) is 0 Å². The van der Waals surface area contributed by atoms with Crippen LogP contribution in [0.4, 0.5) is 5.69 Å². The Morgan fingerprint density at radius 1 is 1.30 bits per heavy atom. The first-order valence-corrected chi connectivity index (χ1v) is 6.97. The largest absolute Gasteiger partial charge is 0.307 e. The molecule has 2 aromatic rings. The van der Waals surface area contributed by atoms with Crippen LogP contribution in [0, 0.1) is 6.92 Å². The molecule has 0 unspecified atom stereocenters. The van der Waals surface area contributed by atoms with E-state index < -0.39 is 0 Å². The number of aryl methyl sites for hydroxylation is 1. The Hall–Kier alpha value is -2.10. The monoisotopic (exact) mass is 271 g/mol. The van der Waals surface area contributed by atoms with Gasteiger partial charge in [-0.3, -0.25) is 9.48 Å². The van der Waals surface area contributed by atoms with Gasteiger partial charge in [-0.15, -0.1) is 0 Å². The Kier molecular flexibility index (Phi) is 4.23. The lowest BCUT2D eigenvalue weighted by atomic mass is 10.2. The fourth-order valence-corrected chi connectivity index (χ4v) is 2.30. The zero-order valence-corrected chi connectivity index (χ0v) is 12.5. The third-order valence-corrected chi connectivity index (χ3v) is 3.26. The summed E-state index contributed by atoms with van der Waals surface area (Å²) in [6, 6.07) is 11.8. The molecule has 0 saturated heterocycles. The number of amides is 1. The summed E-state index contributed by atoms with van der Waals surface area (Å²) in [4.78, 5) is 14.4. The van der Waals surface area contributed by atoms with Gasteiger partial charge in [-0.1, -0.05) is 18.2 Å². The van der Waals surface area contributed by atoms with Crippen molar-refractivity contribution in [2.24, 2.45) is 0 Å². The molecule has 0 spiro atoms. The van der Waals surface area contributed by atoms with E-state index in [-0.39, 0.29) is 11.9 Å². The van der Waals surface area contributed by atoms with Gasteiger partial charge in [0, 0.05) is 24.0 Å². The molecule has 0 aliphatic heterocycles. The van der Waals surface area contributed by atoms with Gasteiger partial charge in [0.15, 0.2) is 5.69 Å². The van der Waals surface area contributed by atoms with E-state index in [1.165, 1.54) is 0 Å². The Balaban J connectivity index is 2.32. The smallest absolute Gasteiger partial charge is 0.278 e. The molecule has 1 amide bonds. The minimum absolute atomic E-state index is 0.0544. The average Bonchev–Trinajstić information content (AvgIpc) is 2.83. The van der Waals surface area contributed by atoms with Crippen molar-refractivity contribution in [3.05, 3.63) is 47.8 Å². The lowest BCUT2D eigenvalue weighted by Crippen LogP contribution is -2.31. The number of para-hydroxylation sites is 1. The maximum atomic E-state index is 12.6. The summed E-state index contributed by atoms with van der Waals surface area (Å²) in [6.45, 7) is 8.68. The van der Waals surface area contributed by atoms with Gasteiger partial charge in [0.05, 0.1) is 0 Å². The van der Waals surface area contributed by atoms with Crippen molar-refractivity contribution in [1.29, 1.82) is 0 Å². The van der Waals surface area contributed by atoms with Gasteiger partial charge >= 0.3 is 0 Å². The molecule has 0 fully saturated rings. The lowest BCUT2D eigenvalue weighted by molar-refractivity contribution is 0.0982. The van der Waals surface area contributed by atoms with Crippen LogP contribution in [-0.2, 0) is 0 Å². The molecule has 4 nitrogen and oxygen atoms in total. The minimum Gasteiger partial charge on any atom is -0.307 e. The number of nitrogens with zero attached hydrogens (tertiary/aromatic N) is 3. The van der Waals surface area contributed by atoms with Crippen molar-refractivity contribution in [2.45, 2.75) is 33.7 Å². The number of carbonyl (C=O) groups excluding carboxylic acids is 1. The molecule has 0 aliphatic rings. The summed E-state index contributed by atoms with van der Waals surface area (Å²) in [7, 11) is 0. The molecule has 4 heteroatoms. The number of anilines is 1. The van der Waals surface area contributed by atoms with Crippen molar-refractivity contribution in [2.75, 3.05) is 11.4 Å². The molecule has 0 bridgehead atoms. The molecule has 1 aromatic heterocycles. The highest BCUT2D eigenvalue weighted by Gasteiger charge is 2.20. The zero-order valence-electron chi connectivity index (χ0n) is 12.5. The number of benzene rings is 1. The molecule has 0 radical (unpaired) electrons. The SMILES string of the molecule is CCN(C(=O)c1cc(C)n(C(C)C)n1)c1ccccc1. The highest BCUT2D eigenvalue weighted by molar-refractivity contribution is 6.04. The van der Waals surface area contributed by atoms with Crippen LogP contribution in [0.5, 0.6) is 0 Å². The second kappa shape index (κ2) is 5.90. The molecule has 2 rings (SSSR count). The topological polar surface area (TPSA) is 38.1 Å². The van der Waals surface area contributed by atoms with Crippen molar-refractivity contribution in [1.82, 2.24) is 9.78 Å². The predicted molar refractivity (Wildman–Crippen MR) is 81.1 cm³/mol. The van der Waals surface area contributed by atoms with E-state index in [2.05, 4.69) is 18.9 Å². The van der Waals surface area contributed by atoms with Gasteiger partial charge in [-0.25, -0.2) is 0 Å². The Morgan fingerprint density at radius 2 is 1.95 bits per heavy atom. The van der Waals surface area contributed by atoms with Crippen LogP contribution in [0.1, 0.15) is 43.0 Å².